The molecule has 0 aromatic heterocycles. The Bertz CT molecular complexity index is 399. The van der Waals surface area contributed by atoms with Crippen LogP contribution >= 0.6 is 0 Å². The molecule has 1 aromatic carbocycles. The first-order valence-electron chi connectivity index (χ1n) is 6.24. The molecule has 0 heterocycles. The van der Waals surface area contributed by atoms with Crippen LogP contribution in [0.15, 0.2) is 36.9 Å². The van der Waals surface area contributed by atoms with E-state index in [4.69, 9.17) is 4.74 Å². The van der Waals surface area contributed by atoms with E-state index in [-0.39, 0.29) is 12.5 Å². The summed E-state index contributed by atoms with van der Waals surface area (Å²) in [4.78, 5) is 11.5. The maximum atomic E-state index is 11.5. The van der Waals surface area contributed by atoms with E-state index in [1.807, 2.05) is 24.3 Å². The van der Waals surface area contributed by atoms with Gasteiger partial charge in [-0.3, -0.25) is 4.79 Å². The second kappa shape index (κ2) is 7.54. The van der Waals surface area contributed by atoms with Crippen molar-refractivity contribution in [1.82, 2.24) is 5.32 Å². The molecule has 0 aliphatic carbocycles. The van der Waals surface area contributed by atoms with Crippen molar-refractivity contribution in [3.05, 3.63) is 42.5 Å². The van der Waals surface area contributed by atoms with Gasteiger partial charge in [0.15, 0.2) is 6.61 Å². The number of ether oxygens (including phenoxy) is 1. The monoisotopic (exact) mass is 247 g/mol. The van der Waals surface area contributed by atoms with Gasteiger partial charge in [-0.05, 0) is 24.0 Å². The molecule has 3 nitrogen and oxygen atoms in total. The first kappa shape index (κ1) is 14.3. The molecule has 0 saturated heterocycles. The Balaban J connectivity index is 2.48. The number of carbonyl (C=O) groups excluding carboxylic acids is 1. The van der Waals surface area contributed by atoms with E-state index in [2.05, 4.69) is 25.7 Å². The Morgan fingerprint density at radius 1 is 1.44 bits per heavy atom. The van der Waals surface area contributed by atoms with E-state index < -0.39 is 0 Å². The summed E-state index contributed by atoms with van der Waals surface area (Å²) in [5.41, 5.74) is 1.12. The highest BCUT2D eigenvalue weighted by Crippen LogP contribution is 2.25. The third-order valence-electron chi connectivity index (χ3n) is 2.57. The van der Waals surface area contributed by atoms with Crippen LogP contribution in [0.4, 0.5) is 0 Å². The molecule has 1 rings (SSSR count). The summed E-state index contributed by atoms with van der Waals surface area (Å²) in [6, 6.07) is 7.81. The van der Waals surface area contributed by atoms with Crippen molar-refractivity contribution in [2.24, 2.45) is 0 Å². The highest BCUT2D eigenvalue weighted by molar-refractivity contribution is 5.77. The predicted molar refractivity (Wildman–Crippen MR) is 73.8 cm³/mol. The molecular formula is C15H21NO2. The second-order valence-corrected chi connectivity index (χ2v) is 4.41. The fourth-order valence-corrected chi connectivity index (χ4v) is 1.60. The van der Waals surface area contributed by atoms with Gasteiger partial charge in [0.25, 0.3) is 5.91 Å². The Kier molecular flexibility index (Phi) is 5.98. The molecule has 98 valence electrons. The molecule has 3 heteroatoms. The fourth-order valence-electron chi connectivity index (χ4n) is 1.60. The lowest BCUT2D eigenvalue weighted by molar-refractivity contribution is -0.123. The summed E-state index contributed by atoms with van der Waals surface area (Å²) < 4.78 is 5.55. The number of rotatable bonds is 7. The minimum atomic E-state index is -0.101. The molecule has 18 heavy (non-hydrogen) atoms. The summed E-state index contributed by atoms with van der Waals surface area (Å²) in [5.74, 6) is 1.06. The lowest BCUT2D eigenvalue weighted by Crippen LogP contribution is -2.29. The van der Waals surface area contributed by atoms with Crippen molar-refractivity contribution in [2.45, 2.75) is 26.2 Å². The number of carbonyl (C=O) groups is 1. The summed E-state index contributed by atoms with van der Waals surface area (Å²) in [5, 5.41) is 2.77. The molecule has 0 unspecified atom stereocenters. The molecule has 0 aliphatic rings. The van der Waals surface area contributed by atoms with Gasteiger partial charge in [-0.25, -0.2) is 0 Å². The maximum absolute atomic E-state index is 11.5. The Hall–Kier alpha value is -1.77. The van der Waals surface area contributed by atoms with Crippen LogP contribution in [0.3, 0.4) is 0 Å². The first-order chi connectivity index (χ1) is 8.65. The van der Waals surface area contributed by atoms with E-state index in [1.54, 1.807) is 6.08 Å². The summed E-state index contributed by atoms with van der Waals surface area (Å²) in [7, 11) is 0. The normalized spacial score (nSPS) is 10.2. The smallest absolute Gasteiger partial charge is 0.257 e. The molecular weight excluding hydrogens is 226 g/mol. The largest absolute Gasteiger partial charge is 0.483 e. The van der Waals surface area contributed by atoms with Gasteiger partial charge < -0.3 is 10.1 Å². The molecule has 0 spiro atoms. The van der Waals surface area contributed by atoms with E-state index in [0.717, 1.165) is 17.7 Å². The zero-order valence-corrected chi connectivity index (χ0v) is 11.1. The lowest BCUT2D eigenvalue weighted by Gasteiger charge is -2.13. The van der Waals surface area contributed by atoms with Crippen LogP contribution < -0.4 is 10.1 Å². The summed E-state index contributed by atoms with van der Waals surface area (Å²) in [6.07, 6.45) is 2.55. The topological polar surface area (TPSA) is 38.3 Å². The van der Waals surface area contributed by atoms with Gasteiger partial charge in [-0.2, -0.15) is 0 Å². The fraction of sp³-hybridized carbons (Fsp3) is 0.400. The molecule has 1 amide bonds. The van der Waals surface area contributed by atoms with E-state index >= 15 is 0 Å². The van der Waals surface area contributed by atoms with Crippen LogP contribution in [0, 0.1) is 0 Å². The summed E-state index contributed by atoms with van der Waals surface area (Å²) >= 11 is 0. The van der Waals surface area contributed by atoms with Crippen LogP contribution in [0.2, 0.25) is 0 Å². The van der Waals surface area contributed by atoms with Crippen LogP contribution in [0.25, 0.3) is 0 Å². The SMILES string of the molecule is C=CCCNC(=O)COc1ccccc1C(C)C. The number of para-hydroxylation sites is 1. The number of hydrogen-bond donors (Lipinski definition) is 1. The van der Waals surface area contributed by atoms with Gasteiger partial charge in [0.2, 0.25) is 0 Å². The standard InChI is InChI=1S/C15H21NO2/c1-4-5-10-16-15(17)11-18-14-9-7-6-8-13(14)12(2)3/h4,6-9,12H,1,5,10-11H2,2-3H3,(H,16,17). The van der Waals surface area contributed by atoms with Crippen LogP contribution in [0.5, 0.6) is 5.75 Å². The quantitative estimate of drug-likeness (QED) is 0.594. The number of amides is 1. The molecule has 1 aromatic rings. The van der Waals surface area contributed by atoms with Crippen molar-refractivity contribution in [1.29, 1.82) is 0 Å². The zero-order chi connectivity index (χ0) is 13.4. The molecule has 0 fully saturated rings. The van der Waals surface area contributed by atoms with E-state index in [9.17, 15) is 4.79 Å². The van der Waals surface area contributed by atoms with Gasteiger partial charge in [0.1, 0.15) is 5.75 Å². The van der Waals surface area contributed by atoms with Crippen LogP contribution in [0.1, 0.15) is 31.7 Å². The van der Waals surface area contributed by atoms with Gasteiger partial charge in [0.05, 0.1) is 0 Å². The molecule has 0 radical (unpaired) electrons. The van der Waals surface area contributed by atoms with Gasteiger partial charge >= 0.3 is 0 Å². The third-order valence-corrected chi connectivity index (χ3v) is 2.57. The van der Waals surface area contributed by atoms with E-state index in [1.165, 1.54) is 0 Å². The number of nitrogens with one attached hydrogen (secondary N) is 1. The third kappa shape index (κ3) is 4.62. The average molecular weight is 247 g/mol. The minimum Gasteiger partial charge on any atom is -0.483 e. The van der Waals surface area contributed by atoms with Crippen molar-refractivity contribution in [2.75, 3.05) is 13.2 Å². The van der Waals surface area contributed by atoms with E-state index in [0.29, 0.717) is 12.5 Å². The highest BCUT2D eigenvalue weighted by atomic mass is 16.5. The second-order valence-electron chi connectivity index (χ2n) is 4.41. The van der Waals surface area contributed by atoms with Gasteiger partial charge in [-0.1, -0.05) is 38.1 Å². The van der Waals surface area contributed by atoms with Crippen molar-refractivity contribution in [3.63, 3.8) is 0 Å². The first-order valence-corrected chi connectivity index (χ1v) is 6.24. The van der Waals surface area contributed by atoms with Gasteiger partial charge in [-0.15, -0.1) is 6.58 Å². The Labute approximate surface area is 109 Å². The van der Waals surface area contributed by atoms with Gasteiger partial charge in [0, 0.05) is 6.54 Å². The molecule has 0 aliphatic heterocycles. The Morgan fingerprint density at radius 3 is 2.83 bits per heavy atom. The maximum Gasteiger partial charge on any atom is 0.257 e. The predicted octanol–water partition coefficient (Wildman–Crippen LogP) is 2.88. The number of hydrogen-bond acceptors (Lipinski definition) is 2. The summed E-state index contributed by atoms with van der Waals surface area (Å²) in [6.45, 7) is 8.47. The van der Waals surface area contributed by atoms with Crippen molar-refractivity contribution in [3.8, 4) is 5.75 Å². The highest BCUT2D eigenvalue weighted by Gasteiger charge is 2.08. The average Bonchev–Trinajstić information content (AvgIpc) is 2.37. The Morgan fingerprint density at radius 2 is 2.17 bits per heavy atom. The minimum absolute atomic E-state index is 0.0564. The van der Waals surface area contributed by atoms with Crippen molar-refractivity contribution < 1.29 is 9.53 Å². The van der Waals surface area contributed by atoms with Crippen molar-refractivity contribution >= 4 is 5.91 Å². The molecule has 0 saturated carbocycles. The lowest BCUT2D eigenvalue weighted by atomic mass is 10.0. The molecule has 1 N–H and O–H groups in total. The molecule has 0 bridgehead atoms. The molecule has 0 atom stereocenters. The van der Waals surface area contributed by atoms with Crippen LogP contribution in [-0.2, 0) is 4.79 Å². The zero-order valence-electron chi connectivity index (χ0n) is 11.1. The van der Waals surface area contributed by atoms with Crippen LogP contribution in [-0.4, -0.2) is 19.1 Å². The number of benzene rings is 1.